The zero-order valence-corrected chi connectivity index (χ0v) is 15.5. The van der Waals surface area contributed by atoms with E-state index in [1.54, 1.807) is 18.1 Å². The molecule has 0 saturated heterocycles. The molecule has 0 N–H and O–H groups in total. The molecule has 3 aromatic rings. The first-order valence-electron chi connectivity index (χ1n) is 7.99. The second-order valence-electron chi connectivity index (χ2n) is 7.06. The Morgan fingerprint density at radius 2 is 2.00 bits per heavy atom. The van der Waals surface area contributed by atoms with Crippen molar-refractivity contribution in [1.29, 1.82) is 0 Å². The number of benzene rings is 1. The van der Waals surface area contributed by atoms with Crippen LogP contribution in [0.5, 0.6) is 0 Å². The van der Waals surface area contributed by atoms with Gasteiger partial charge in [0.2, 0.25) is 0 Å². The van der Waals surface area contributed by atoms with Crippen LogP contribution in [0.2, 0.25) is 0 Å². The number of nitrogens with zero attached hydrogens (tertiary/aromatic N) is 2. The molecule has 1 atom stereocenters. The Bertz CT molecular complexity index is 840. The maximum atomic E-state index is 12.8. The fraction of sp³-hybridized carbons (Fsp3) is 0.368. The lowest BCUT2D eigenvalue weighted by atomic mass is 9.98. The predicted octanol–water partition coefficient (Wildman–Crippen LogP) is 5.02. The van der Waals surface area contributed by atoms with Gasteiger partial charge in [-0.3, -0.25) is 4.79 Å². The fourth-order valence-corrected chi connectivity index (χ4v) is 3.43. The van der Waals surface area contributed by atoms with E-state index in [9.17, 15) is 4.79 Å². The highest BCUT2D eigenvalue weighted by Crippen LogP contribution is 2.30. The van der Waals surface area contributed by atoms with Crippen LogP contribution in [0.3, 0.4) is 0 Å². The lowest BCUT2D eigenvalue weighted by Gasteiger charge is -2.22. The van der Waals surface area contributed by atoms with Crippen molar-refractivity contribution in [3.8, 4) is 0 Å². The first kappa shape index (κ1) is 16.7. The largest absolute Gasteiger partial charge is 0.459 e. The first-order valence-corrected chi connectivity index (χ1v) is 8.81. The van der Waals surface area contributed by atoms with Crippen LogP contribution < -0.4 is 0 Å². The van der Waals surface area contributed by atoms with E-state index in [2.05, 4.69) is 25.8 Å². The summed E-state index contributed by atoms with van der Waals surface area (Å²) in [6, 6.07) is 9.72. The number of carbonyl (C=O) groups excluding carboxylic acids is 1. The van der Waals surface area contributed by atoms with Crippen LogP contribution in [-0.4, -0.2) is 22.8 Å². The number of hydrogen-bond acceptors (Lipinski definition) is 4. The van der Waals surface area contributed by atoms with Gasteiger partial charge >= 0.3 is 0 Å². The lowest BCUT2D eigenvalue weighted by Crippen LogP contribution is -2.28. The molecule has 24 heavy (non-hydrogen) atoms. The van der Waals surface area contributed by atoms with Crippen LogP contribution in [-0.2, 0) is 5.41 Å². The van der Waals surface area contributed by atoms with Gasteiger partial charge in [0, 0.05) is 17.8 Å². The summed E-state index contributed by atoms with van der Waals surface area (Å²) >= 11 is 1.46. The molecule has 3 rings (SSSR count). The van der Waals surface area contributed by atoms with Crippen molar-refractivity contribution < 1.29 is 9.21 Å². The monoisotopic (exact) mass is 342 g/mol. The second-order valence-corrected chi connectivity index (χ2v) is 8.09. The third kappa shape index (κ3) is 3.08. The molecule has 2 heterocycles. The van der Waals surface area contributed by atoms with E-state index in [4.69, 9.17) is 4.42 Å². The number of thiazole rings is 1. The Balaban J connectivity index is 1.83. The third-order valence-corrected chi connectivity index (χ3v) is 5.53. The van der Waals surface area contributed by atoms with E-state index < -0.39 is 0 Å². The van der Waals surface area contributed by atoms with Crippen LogP contribution in [0.15, 0.2) is 40.9 Å². The molecule has 1 amide bonds. The number of carbonyl (C=O) groups is 1. The van der Waals surface area contributed by atoms with Gasteiger partial charge in [0.25, 0.3) is 5.91 Å². The van der Waals surface area contributed by atoms with Crippen LogP contribution in [0.1, 0.15) is 54.2 Å². The van der Waals surface area contributed by atoms with Crippen molar-refractivity contribution >= 4 is 28.2 Å². The number of para-hydroxylation sites is 1. The van der Waals surface area contributed by atoms with Gasteiger partial charge in [-0.15, -0.1) is 11.3 Å². The van der Waals surface area contributed by atoms with Crippen LogP contribution in [0.4, 0.5) is 0 Å². The van der Waals surface area contributed by atoms with Crippen molar-refractivity contribution in [3.63, 3.8) is 0 Å². The number of aromatic nitrogens is 1. The van der Waals surface area contributed by atoms with E-state index >= 15 is 0 Å². The van der Waals surface area contributed by atoms with E-state index in [0.717, 1.165) is 21.7 Å². The van der Waals surface area contributed by atoms with E-state index in [-0.39, 0.29) is 17.4 Å². The number of amides is 1. The summed E-state index contributed by atoms with van der Waals surface area (Å²) in [6.07, 6.45) is 1.68. The minimum atomic E-state index is -0.148. The molecule has 0 spiro atoms. The molecule has 0 aliphatic rings. The summed E-state index contributed by atoms with van der Waals surface area (Å²) in [7, 11) is 1.80. The van der Waals surface area contributed by atoms with Gasteiger partial charge in [0.05, 0.1) is 17.2 Å². The van der Waals surface area contributed by atoms with E-state index in [1.807, 2.05) is 37.3 Å². The molecule has 1 unspecified atom stereocenters. The van der Waals surface area contributed by atoms with Crippen molar-refractivity contribution in [2.24, 2.45) is 0 Å². The number of hydrogen-bond donors (Lipinski definition) is 0. The zero-order valence-electron chi connectivity index (χ0n) is 14.7. The molecule has 0 aliphatic carbocycles. The molecule has 5 heteroatoms. The van der Waals surface area contributed by atoms with Crippen LogP contribution >= 0.6 is 11.3 Å². The Morgan fingerprint density at radius 1 is 1.29 bits per heavy atom. The molecule has 2 aromatic heterocycles. The fourth-order valence-electron chi connectivity index (χ4n) is 2.47. The van der Waals surface area contributed by atoms with Crippen molar-refractivity contribution in [3.05, 3.63) is 52.2 Å². The minimum Gasteiger partial charge on any atom is -0.459 e. The molecule has 1 aromatic carbocycles. The van der Waals surface area contributed by atoms with Gasteiger partial charge in [-0.25, -0.2) is 4.98 Å². The minimum absolute atomic E-state index is 0.0315. The maximum absolute atomic E-state index is 12.8. The maximum Gasteiger partial charge on any atom is 0.265 e. The average Bonchev–Trinajstić information content (AvgIpc) is 3.18. The summed E-state index contributed by atoms with van der Waals surface area (Å²) in [6.45, 7) is 8.27. The molecular weight excluding hydrogens is 320 g/mol. The van der Waals surface area contributed by atoms with E-state index in [0.29, 0.717) is 4.88 Å². The Morgan fingerprint density at radius 3 is 2.62 bits per heavy atom. The molecule has 0 fully saturated rings. The molecule has 4 nitrogen and oxygen atoms in total. The normalized spacial score (nSPS) is 13.2. The summed E-state index contributed by atoms with van der Waals surface area (Å²) < 4.78 is 5.89. The van der Waals surface area contributed by atoms with Crippen LogP contribution in [0, 0.1) is 0 Å². The predicted molar refractivity (Wildman–Crippen MR) is 97.5 cm³/mol. The molecule has 0 saturated carbocycles. The van der Waals surface area contributed by atoms with Gasteiger partial charge in [-0.1, -0.05) is 39.0 Å². The summed E-state index contributed by atoms with van der Waals surface area (Å²) in [5.74, 6) is 0.753. The molecule has 0 radical (unpaired) electrons. The number of furan rings is 1. The quantitative estimate of drug-likeness (QED) is 0.671. The van der Waals surface area contributed by atoms with Crippen molar-refractivity contribution in [2.45, 2.75) is 39.2 Å². The Labute approximate surface area is 146 Å². The smallest absolute Gasteiger partial charge is 0.265 e. The van der Waals surface area contributed by atoms with E-state index in [1.165, 1.54) is 11.3 Å². The molecule has 126 valence electrons. The van der Waals surface area contributed by atoms with Gasteiger partial charge in [-0.2, -0.15) is 0 Å². The van der Waals surface area contributed by atoms with Gasteiger partial charge < -0.3 is 9.32 Å². The second kappa shape index (κ2) is 6.06. The number of fused-ring (bicyclic) bond motifs is 1. The first-order chi connectivity index (χ1) is 11.3. The lowest BCUT2D eigenvalue weighted by molar-refractivity contribution is 0.0732. The summed E-state index contributed by atoms with van der Waals surface area (Å²) in [5, 5.41) is 2.02. The standard InChI is InChI=1S/C19H22N2O2S/c1-12(15-10-13-8-6-7-9-14(13)23-15)21(5)17(22)16-11-20-18(24-16)19(2,3)4/h6-12H,1-5H3. The SMILES string of the molecule is CC(c1cc2ccccc2o1)N(C)C(=O)c1cnc(C(C)(C)C)s1. The highest BCUT2D eigenvalue weighted by atomic mass is 32.1. The summed E-state index contributed by atoms with van der Waals surface area (Å²) in [5.41, 5.74) is 0.791. The van der Waals surface area contributed by atoms with Crippen molar-refractivity contribution in [1.82, 2.24) is 9.88 Å². The molecule has 0 aliphatic heterocycles. The summed E-state index contributed by atoms with van der Waals surface area (Å²) in [4.78, 5) is 19.5. The Kier molecular flexibility index (Phi) is 4.22. The van der Waals surface area contributed by atoms with Gasteiger partial charge in [0.15, 0.2) is 0 Å². The topological polar surface area (TPSA) is 46.3 Å². The van der Waals surface area contributed by atoms with Crippen molar-refractivity contribution in [2.75, 3.05) is 7.05 Å². The Hall–Kier alpha value is -2.14. The highest BCUT2D eigenvalue weighted by molar-refractivity contribution is 7.13. The molecular formula is C19H22N2O2S. The third-order valence-electron chi connectivity index (χ3n) is 4.12. The van der Waals surface area contributed by atoms with Gasteiger partial charge in [0.1, 0.15) is 16.2 Å². The zero-order chi connectivity index (χ0) is 17.5. The molecule has 0 bridgehead atoms. The highest BCUT2D eigenvalue weighted by Gasteiger charge is 2.25. The van der Waals surface area contributed by atoms with Gasteiger partial charge in [-0.05, 0) is 19.1 Å². The number of rotatable bonds is 3. The van der Waals surface area contributed by atoms with Crippen LogP contribution in [0.25, 0.3) is 11.0 Å². The average molecular weight is 342 g/mol.